The zero-order valence-corrected chi connectivity index (χ0v) is 11.0. The Morgan fingerprint density at radius 2 is 2.41 bits per heavy atom. The highest BCUT2D eigenvalue weighted by atomic mass is 15.3. The lowest BCUT2D eigenvalue weighted by Crippen LogP contribution is -2.37. The van der Waals surface area contributed by atoms with Gasteiger partial charge in [-0.05, 0) is 32.0 Å². The first-order chi connectivity index (χ1) is 8.26. The van der Waals surface area contributed by atoms with Gasteiger partial charge in [-0.3, -0.25) is 4.68 Å². The van der Waals surface area contributed by atoms with Crippen LogP contribution in [0.4, 0.5) is 0 Å². The molecule has 1 aromatic heterocycles. The summed E-state index contributed by atoms with van der Waals surface area (Å²) < 4.78 is 2.21. The molecule has 4 heteroatoms. The Morgan fingerprint density at radius 1 is 1.59 bits per heavy atom. The van der Waals surface area contributed by atoms with Gasteiger partial charge in [0.1, 0.15) is 0 Å². The van der Waals surface area contributed by atoms with Gasteiger partial charge in [0, 0.05) is 30.9 Å². The van der Waals surface area contributed by atoms with Crippen LogP contribution in [-0.2, 0) is 0 Å². The van der Waals surface area contributed by atoms with Gasteiger partial charge < -0.3 is 10.6 Å². The summed E-state index contributed by atoms with van der Waals surface area (Å²) in [6, 6.07) is 2.64. The summed E-state index contributed by atoms with van der Waals surface area (Å²) in [5.74, 6) is 0.398. The molecule has 2 atom stereocenters. The number of likely N-dealkylation sites (N-methyl/N-ethyl adjacent to an activating group) is 1. The molecule has 1 saturated heterocycles. The molecule has 0 bridgehead atoms. The smallest absolute Gasteiger partial charge is 0.0649 e. The highest BCUT2D eigenvalue weighted by Gasteiger charge is 2.23. The van der Waals surface area contributed by atoms with Crippen molar-refractivity contribution in [2.45, 2.75) is 38.6 Å². The van der Waals surface area contributed by atoms with Crippen LogP contribution in [0, 0.1) is 0 Å². The fourth-order valence-corrected chi connectivity index (χ4v) is 2.66. The topological polar surface area (TPSA) is 47.1 Å². The monoisotopic (exact) mass is 236 g/mol. The van der Waals surface area contributed by atoms with Gasteiger partial charge >= 0.3 is 0 Å². The van der Waals surface area contributed by atoms with Gasteiger partial charge in [0.05, 0.1) is 6.04 Å². The highest BCUT2D eigenvalue weighted by molar-refractivity contribution is 5.08. The fraction of sp³-hybridized carbons (Fsp3) is 0.769. The summed E-state index contributed by atoms with van der Waals surface area (Å²) in [6.45, 7) is 8.59. The van der Waals surface area contributed by atoms with Gasteiger partial charge in [0.15, 0.2) is 0 Å². The first-order valence-corrected chi connectivity index (χ1v) is 6.72. The first-order valence-electron chi connectivity index (χ1n) is 6.72. The molecule has 0 spiro atoms. The molecule has 1 aromatic rings. The van der Waals surface area contributed by atoms with E-state index in [-0.39, 0.29) is 0 Å². The molecule has 0 aromatic carbocycles. The van der Waals surface area contributed by atoms with Crippen molar-refractivity contribution in [3.63, 3.8) is 0 Å². The molecule has 1 aliphatic heterocycles. The van der Waals surface area contributed by atoms with Crippen molar-refractivity contribution < 1.29 is 0 Å². The van der Waals surface area contributed by atoms with E-state index in [0.29, 0.717) is 18.5 Å². The average Bonchev–Trinajstić information content (AvgIpc) is 2.87. The second-order valence-corrected chi connectivity index (χ2v) is 5.03. The molecule has 0 amide bonds. The predicted molar refractivity (Wildman–Crippen MR) is 70.1 cm³/mol. The minimum Gasteiger partial charge on any atom is -0.330 e. The Hall–Kier alpha value is -0.870. The highest BCUT2D eigenvalue weighted by Crippen LogP contribution is 2.25. The van der Waals surface area contributed by atoms with Crippen LogP contribution >= 0.6 is 0 Å². The van der Waals surface area contributed by atoms with Gasteiger partial charge in [0.2, 0.25) is 0 Å². The van der Waals surface area contributed by atoms with Crippen molar-refractivity contribution >= 4 is 0 Å². The lowest BCUT2D eigenvalue weighted by molar-refractivity contribution is 0.174. The molecular formula is C13H24N4. The van der Waals surface area contributed by atoms with Crippen LogP contribution in [0.2, 0.25) is 0 Å². The van der Waals surface area contributed by atoms with E-state index < -0.39 is 0 Å². The molecule has 2 rings (SSSR count). The van der Waals surface area contributed by atoms with Crippen molar-refractivity contribution in [3.8, 4) is 0 Å². The average molecular weight is 236 g/mol. The largest absolute Gasteiger partial charge is 0.330 e. The number of piperidine rings is 1. The summed E-state index contributed by atoms with van der Waals surface area (Å²) in [7, 11) is 0. The maximum absolute atomic E-state index is 5.76. The molecule has 2 heterocycles. The minimum atomic E-state index is 0.398. The van der Waals surface area contributed by atoms with E-state index in [9.17, 15) is 0 Å². The molecule has 1 aliphatic rings. The molecule has 0 saturated carbocycles. The van der Waals surface area contributed by atoms with E-state index >= 15 is 0 Å². The molecule has 17 heavy (non-hydrogen) atoms. The van der Waals surface area contributed by atoms with Crippen LogP contribution in [0.15, 0.2) is 12.3 Å². The third-order valence-corrected chi connectivity index (χ3v) is 3.83. The standard InChI is InChI=1S/C13H24N4/c1-3-16-8-4-5-12(10-16)17-13(6-7-15-17)11(2)9-14/h6-7,11-12H,3-5,8-10,14H2,1-2H3. The van der Waals surface area contributed by atoms with Gasteiger partial charge in [-0.15, -0.1) is 0 Å². The third-order valence-electron chi connectivity index (χ3n) is 3.83. The Kier molecular flexibility index (Phi) is 4.18. The number of aromatic nitrogens is 2. The molecule has 0 radical (unpaired) electrons. The van der Waals surface area contributed by atoms with Crippen molar-refractivity contribution in [2.75, 3.05) is 26.2 Å². The summed E-state index contributed by atoms with van der Waals surface area (Å²) in [5.41, 5.74) is 7.05. The van der Waals surface area contributed by atoms with Crippen molar-refractivity contribution in [1.29, 1.82) is 0 Å². The fourth-order valence-electron chi connectivity index (χ4n) is 2.66. The molecular weight excluding hydrogens is 212 g/mol. The predicted octanol–water partition coefficient (Wildman–Crippen LogP) is 1.60. The third kappa shape index (κ3) is 2.69. The number of hydrogen-bond donors (Lipinski definition) is 1. The van der Waals surface area contributed by atoms with Crippen LogP contribution in [0.1, 0.15) is 44.3 Å². The number of nitrogens with two attached hydrogens (primary N) is 1. The van der Waals surface area contributed by atoms with Crippen LogP contribution in [0.5, 0.6) is 0 Å². The van der Waals surface area contributed by atoms with Gasteiger partial charge in [0.25, 0.3) is 0 Å². The van der Waals surface area contributed by atoms with E-state index in [0.717, 1.165) is 13.1 Å². The van der Waals surface area contributed by atoms with Crippen molar-refractivity contribution in [1.82, 2.24) is 14.7 Å². The SMILES string of the molecule is CCN1CCCC(n2nccc2C(C)CN)C1. The van der Waals surface area contributed by atoms with E-state index in [2.05, 4.69) is 34.6 Å². The summed E-state index contributed by atoms with van der Waals surface area (Å²) >= 11 is 0. The van der Waals surface area contributed by atoms with Crippen molar-refractivity contribution in [3.05, 3.63) is 18.0 Å². The lowest BCUT2D eigenvalue weighted by atomic mass is 10.0. The van der Waals surface area contributed by atoms with Crippen LogP contribution in [0.3, 0.4) is 0 Å². The summed E-state index contributed by atoms with van der Waals surface area (Å²) in [4.78, 5) is 2.51. The van der Waals surface area contributed by atoms with Gasteiger partial charge in [-0.2, -0.15) is 5.10 Å². The first kappa shape index (κ1) is 12.6. The van der Waals surface area contributed by atoms with Gasteiger partial charge in [-0.25, -0.2) is 0 Å². The Bertz CT molecular complexity index is 347. The number of rotatable bonds is 4. The number of likely N-dealkylation sites (tertiary alicyclic amines) is 1. The van der Waals surface area contributed by atoms with E-state index in [4.69, 9.17) is 5.73 Å². The van der Waals surface area contributed by atoms with E-state index in [1.54, 1.807) is 0 Å². The normalized spacial score (nSPS) is 23.8. The van der Waals surface area contributed by atoms with E-state index in [1.165, 1.54) is 25.1 Å². The number of nitrogens with zero attached hydrogens (tertiary/aromatic N) is 3. The maximum atomic E-state index is 5.76. The van der Waals surface area contributed by atoms with Gasteiger partial charge in [-0.1, -0.05) is 13.8 Å². The van der Waals surface area contributed by atoms with Crippen molar-refractivity contribution in [2.24, 2.45) is 5.73 Å². The second kappa shape index (κ2) is 5.65. The minimum absolute atomic E-state index is 0.398. The lowest BCUT2D eigenvalue weighted by Gasteiger charge is -2.33. The summed E-state index contributed by atoms with van der Waals surface area (Å²) in [5, 5.41) is 4.51. The Morgan fingerprint density at radius 3 is 3.12 bits per heavy atom. The molecule has 2 N–H and O–H groups in total. The zero-order chi connectivity index (χ0) is 12.3. The maximum Gasteiger partial charge on any atom is 0.0649 e. The Balaban J connectivity index is 2.13. The molecule has 96 valence electrons. The van der Waals surface area contributed by atoms with Crippen LogP contribution in [0.25, 0.3) is 0 Å². The quantitative estimate of drug-likeness (QED) is 0.864. The molecule has 4 nitrogen and oxygen atoms in total. The molecule has 2 unspecified atom stereocenters. The van der Waals surface area contributed by atoms with Crippen LogP contribution in [-0.4, -0.2) is 40.9 Å². The second-order valence-electron chi connectivity index (χ2n) is 5.03. The Labute approximate surface area is 104 Å². The zero-order valence-electron chi connectivity index (χ0n) is 11.0. The molecule has 0 aliphatic carbocycles. The van der Waals surface area contributed by atoms with Crippen LogP contribution < -0.4 is 5.73 Å². The number of hydrogen-bond acceptors (Lipinski definition) is 3. The summed E-state index contributed by atoms with van der Waals surface area (Å²) in [6.07, 6.45) is 4.42. The van der Waals surface area contributed by atoms with E-state index in [1.807, 2.05) is 6.20 Å². The molecule has 1 fully saturated rings.